The Morgan fingerprint density at radius 2 is 1.51 bits per heavy atom. The van der Waals surface area contributed by atoms with Crippen LogP contribution in [0.1, 0.15) is 84.9 Å². The molecule has 0 spiro atoms. The van der Waals surface area contributed by atoms with Gasteiger partial charge < -0.3 is 60.6 Å². The summed E-state index contributed by atoms with van der Waals surface area (Å²) in [4.78, 5) is 53.4. The van der Waals surface area contributed by atoms with E-state index in [4.69, 9.17) is 19.9 Å². The van der Waals surface area contributed by atoms with E-state index in [1.54, 1.807) is 0 Å². The number of nitrogens with one attached hydrogen (secondary N) is 1. The molecule has 1 fully saturated rings. The number of amides is 1. The fourth-order valence-electron chi connectivity index (χ4n) is 6.89. The first-order chi connectivity index (χ1) is 24.0. The van der Waals surface area contributed by atoms with Crippen molar-refractivity contribution in [2.45, 2.75) is 69.7 Å². The number of rotatable bonds is 6. The van der Waals surface area contributed by atoms with Crippen molar-refractivity contribution in [3.8, 4) is 34.1 Å². The van der Waals surface area contributed by atoms with Gasteiger partial charge in [0.15, 0.2) is 17.9 Å². The topological polar surface area (TPSA) is 265 Å². The first-order valence-electron chi connectivity index (χ1n) is 15.8. The van der Waals surface area contributed by atoms with Crippen LogP contribution >= 0.6 is 0 Å². The first-order valence-corrected chi connectivity index (χ1v) is 15.8. The van der Waals surface area contributed by atoms with Crippen molar-refractivity contribution in [1.82, 2.24) is 5.32 Å². The summed E-state index contributed by atoms with van der Waals surface area (Å²) in [6.07, 6.45) is -8.99. The summed E-state index contributed by atoms with van der Waals surface area (Å²) in [7, 11) is 2.41. The van der Waals surface area contributed by atoms with Gasteiger partial charge in [0.2, 0.25) is 0 Å². The second-order valence-corrected chi connectivity index (χ2v) is 12.7. The van der Waals surface area contributed by atoms with E-state index < -0.39 is 101 Å². The molecule has 16 nitrogen and oxygen atoms in total. The summed E-state index contributed by atoms with van der Waals surface area (Å²) < 4.78 is 21.6. The molecule has 1 aliphatic heterocycles. The minimum absolute atomic E-state index is 0.0417. The lowest BCUT2D eigenvalue weighted by Crippen LogP contribution is -2.61. The van der Waals surface area contributed by atoms with Crippen molar-refractivity contribution in [3.63, 3.8) is 0 Å². The number of carbonyl (C=O) groups is 4. The maximum absolute atomic E-state index is 13.9. The molecule has 1 heterocycles. The summed E-state index contributed by atoms with van der Waals surface area (Å²) in [6, 6.07) is 2.67. The molecule has 9 N–H and O–H groups in total. The molecule has 0 aromatic heterocycles. The zero-order valence-electron chi connectivity index (χ0n) is 28.0. The van der Waals surface area contributed by atoms with Crippen molar-refractivity contribution in [2.75, 3.05) is 14.2 Å². The molecule has 3 aromatic rings. The lowest BCUT2D eigenvalue weighted by molar-refractivity contribution is -0.293. The lowest BCUT2D eigenvalue weighted by Gasteiger charge is -2.43. The number of fused-ring (bicyclic) bond motifs is 5. The summed E-state index contributed by atoms with van der Waals surface area (Å²) in [5.74, 6) is -5.60. The maximum atomic E-state index is 13.9. The number of phenolic OH excluding ortho intramolecular Hbond substituents is 3. The highest BCUT2D eigenvalue weighted by Crippen LogP contribution is 2.57. The van der Waals surface area contributed by atoms with Crippen LogP contribution in [0.3, 0.4) is 0 Å². The summed E-state index contributed by atoms with van der Waals surface area (Å²) >= 11 is 0. The standard InChI is InChI=1S/C35H36N2O14/c1-10-6-17-22(28(42)19(10)33(46)37-11(2)34(47)49-5)21-15(27(41)32(17)51-35-31(45)30(44)24(36)12(3)50-35)9-16-23(29(21)43)26(40)14-7-13(48-4)8-18(38)20(14)25(16)39/h6-9,11-12,24,27,30-32,35,38,41-45H,36H2,1-5H3,(H,37,46)/t11-,12-,24+,27+,30+,31-,32+,35+/m1/s1. The van der Waals surface area contributed by atoms with Crippen LogP contribution < -0.4 is 15.8 Å². The van der Waals surface area contributed by atoms with Gasteiger partial charge in [-0.15, -0.1) is 0 Å². The number of aliphatic hydroxyl groups excluding tert-OH is 3. The molecule has 16 heteroatoms. The van der Waals surface area contributed by atoms with E-state index in [9.17, 15) is 49.8 Å². The second kappa shape index (κ2) is 12.9. The number of esters is 1. The molecule has 1 amide bonds. The smallest absolute Gasteiger partial charge is 0.328 e. The van der Waals surface area contributed by atoms with Crippen LogP contribution in [0.4, 0.5) is 0 Å². The third kappa shape index (κ3) is 5.47. The van der Waals surface area contributed by atoms with Gasteiger partial charge in [-0.3, -0.25) is 14.4 Å². The van der Waals surface area contributed by atoms with E-state index in [1.807, 2.05) is 0 Å². The van der Waals surface area contributed by atoms with Gasteiger partial charge in [0, 0.05) is 28.3 Å². The van der Waals surface area contributed by atoms with Crippen LogP contribution in [-0.4, -0.2) is 105 Å². The number of aryl methyl sites for hydroxylation is 1. The Kier molecular flexibility index (Phi) is 9.03. The van der Waals surface area contributed by atoms with Crippen molar-refractivity contribution in [1.29, 1.82) is 0 Å². The van der Waals surface area contributed by atoms with Gasteiger partial charge in [0.25, 0.3) is 5.91 Å². The van der Waals surface area contributed by atoms with Crippen LogP contribution in [0, 0.1) is 6.92 Å². The Balaban J connectivity index is 1.59. The molecule has 0 radical (unpaired) electrons. The maximum Gasteiger partial charge on any atom is 0.328 e. The molecule has 6 rings (SSSR count). The van der Waals surface area contributed by atoms with Gasteiger partial charge in [-0.05, 0) is 49.6 Å². The van der Waals surface area contributed by atoms with Crippen molar-refractivity contribution >= 4 is 23.4 Å². The molecular weight excluding hydrogens is 672 g/mol. The average Bonchev–Trinajstić information content (AvgIpc) is 3.09. The van der Waals surface area contributed by atoms with Crippen LogP contribution in [0.15, 0.2) is 24.3 Å². The minimum atomic E-state index is -1.80. The average molecular weight is 709 g/mol. The largest absolute Gasteiger partial charge is 0.507 e. The number of nitrogens with two attached hydrogens (primary N) is 1. The fraction of sp³-hybridized carbons (Fsp3) is 0.371. The van der Waals surface area contributed by atoms with E-state index in [1.165, 1.54) is 40.0 Å². The second-order valence-electron chi connectivity index (χ2n) is 12.7. The number of ketones is 2. The Labute approximate surface area is 289 Å². The van der Waals surface area contributed by atoms with Crippen molar-refractivity contribution < 1.29 is 68.8 Å². The highest BCUT2D eigenvalue weighted by Gasteiger charge is 2.48. The number of ether oxygens (including phenoxy) is 4. The van der Waals surface area contributed by atoms with Crippen LogP contribution in [0.5, 0.6) is 23.0 Å². The summed E-state index contributed by atoms with van der Waals surface area (Å²) in [6.45, 7) is 4.33. The number of methoxy groups -OCH3 is 2. The third-order valence-corrected chi connectivity index (χ3v) is 9.62. The Morgan fingerprint density at radius 3 is 2.16 bits per heavy atom. The van der Waals surface area contributed by atoms with E-state index in [2.05, 4.69) is 10.1 Å². The van der Waals surface area contributed by atoms with Crippen LogP contribution in [0.25, 0.3) is 11.1 Å². The molecule has 3 aromatic carbocycles. The molecule has 1 saturated heterocycles. The zero-order chi connectivity index (χ0) is 37.4. The number of benzene rings is 3. The number of aromatic hydroxyl groups is 3. The van der Waals surface area contributed by atoms with E-state index in [0.29, 0.717) is 0 Å². The monoisotopic (exact) mass is 708 g/mol. The summed E-state index contributed by atoms with van der Waals surface area (Å²) in [5, 5.41) is 70.1. The Hall–Kier alpha value is -5.10. The highest BCUT2D eigenvalue weighted by molar-refractivity contribution is 6.31. The summed E-state index contributed by atoms with van der Waals surface area (Å²) in [5.41, 5.74) is 3.22. The molecule has 8 atom stereocenters. The SMILES string of the molecule is COC(=O)[C@@H](C)NC(=O)c1c(C)cc2c(c1O)-c1c(cc3c(c1O)C(=O)c1cc(OC)cc(O)c1C3=O)[C@H](O)[C@H]2O[C@@H]1O[C@H](C)[C@H](N)[C@H](O)[C@H]1O. The quantitative estimate of drug-likeness (QED) is 0.129. The lowest BCUT2D eigenvalue weighted by atomic mass is 9.74. The third-order valence-electron chi connectivity index (χ3n) is 9.62. The van der Waals surface area contributed by atoms with Crippen LogP contribution in [0.2, 0.25) is 0 Å². The van der Waals surface area contributed by atoms with E-state index in [0.717, 1.165) is 19.2 Å². The predicted molar refractivity (Wildman–Crippen MR) is 174 cm³/mol. The first kappa shape index (κ1) is 35.7. The van der Waals surface area contributed by atoms with Crippen LogP contribution in [-0.2, 0) is 19.0 Å². The molecule has 3 aliphatic rings. The number of phenols is 3. The zero-order valence-corrected chi connectivity index (χ0v) is 28.0. The molecule has 0 saturated carbocycles. The Morgan fingerprint density at radius 1 is 0.882 bits per heavy atom. The van der Waals surface area contributed by atoms with Gasteiger partial charge in [-0.25, -0.2) is 4.79 Å². The fourth-order valence-corrected chi connectivity index (χ4v) is 6.89. The highest BCUT2D eigenvalue weighted by atomic mass is 16.7. The van der Waals surface area contributed by atoms with Gasteiger partial charge in [-0.1, -0.05) is 6.07 Å². The molecule has 0 unspecified atom stereocenters. The number of aliphatic hydroxyl groups is 3. The van der Waals surface area contributed by atoms with E-state index >= 15 is 0 Å². The molecule has 51 heavy (non-hydrogen) atoms. The Bertz CT molecular complexity index is 2010. The number of hydrogen-bond donors (Lipinski definition) is 8. The van der Waals surface area contributed by atoms with Gasteiger partial charge in [-0.2, -0.15) is 0 Å². The van der Waals surface area contributed by atoms with Crippen molar-refractivity contribution in [3.05, 3.63) is 68.8 Å². The number of carbonyl (C=O) groups excluding carboxylic acids is 4. The van der Waals surface area contributed by atoms with Gasteiger partial charge in [0.05, 0.1) is 43.1 Å². The van der Waals surface area contributed by atoms with Crippen molar-refractivity contribution in [2.24, 2.45) is 5.73 Å². The predicted octanol–water partition coefficient (Wildman–Crippen LogP) is 0.753. The normalized spacial score (nSPS) is 25.5. The molecule has 0 bridgehead atoms. The molecule has 270 valence electrons. The molecule has 2 aliphatic carbocycles. The van der Waals surface area contributed by atoms with Gasteiger partial charge >= 0.3 is 5.97 Å². The number of hydrogen-bond acceptors (Lipinski definition) is 15. The minimum Gasteiger partial charge on any atom is -0.507 e. The van der Waals surface area contributed by atoms with Gasteiger partial charge in [0.1, 0.15) is 53.5 Å². The molecular formula is C35H36N2O14. The van der Waals surface area contributed by atoms with E-state index in [-0.39, 0.29) is 50.3 Å².